The number of aryl methyl sites for hydroxylation is 3. The summed E-state index contributed by atoms with van der Waals surface area (Å²) in [5, 5.41) is 0. The van der Waals surface area contributed by atoms with Gasteiger partial charge in [-0.25, -0.2) is 0 Å². The molecule has 0 bridgehead atoms. The van der Waals surface area contributed by atoms with E-state index >= 15 is 0 Å². The van der Waals surface area contributed by atoms with E-state index in [-0.39, 0.29) is 7.43 Å². The highest BCUT2D eigenvalue weighted by atomic mass is 13.9. The molecule has 0 amide bonds. The molecule has 17 heavy (non-hydrogen) atoms. The summed E-state index contributed by atoms with van der Waals surface area (Å²) in [6.07, 6.45) is 1.25. The van der Waals surface area contributed by atoms with Crippen molar-refractivity contribution in [3.05, 3.63) is 34.9 Å². The molecule has 0 unspecified atom stereocenters. The minimum atomic E-state index is 0. The van der Waals surface area contributed by atoms with Gasteiger partial charge >= 0.3 is 0 Å². The fraction of sp³-hybridized carbons (Fsp3) is 0.647. The van der Waals surface area contributed by atoms with Crippen molar-refractivity contribution in [3.8, 4) is 0 Å². The molecule has 0 saturated carbocycles. The smallest absolute Gasteiger partial charge is 0.0395 e. The standard InChI is InChI=1S/C9H12.C4H10.C3H8.CH4/c1-7-4-5-8(2)9(3)6-7;1-4(2)3;1-3-2;/h4-6H,1-3H3;4H,1-3H3;3H2,1-2H3;1H4. The predicted molar refractivity (Wildman–Crippen MR) is 83.9 cm³/mol. The maximum Gasteiger partial charge on any atom is -0.0395 e. The molecule has 1 aromatic rings. The fourth-order valence-electron chi connectivity index (χ4n) is 0.891. The lowest BCUT2D eigenvalue weighted by Gasteiger charge is -1.98. The fourth-order valence-corrected chi connectivity index (χ4v) is 0.891. The van der Waals surface area contributed by atoms with Crippen molar-refractivity contribution < 1.29 is 0 Å². The lowest BCUT2D eigenvalue weighted by Crippen LogP contribution is -1.79. The number of benzene rings is 1. The molecule has 1 aromatic carbocycles. The molecule has 102 valence electrons. The van der Waals surface area contributed by atoms with Crippen LogP contribution in [0.2, 0.25) is 0 Å². The van der Waals surface area contributed by atoms with E-state index in [1.807, 2.05) is 0 Å². The molecule has 0 aliphatic rings. The summed E-state index contributed by atoms with van der Waals surface area (Å²) in [7, 11) is 0. The molecular formula is C17H34. The Hall–Kier alpha value is -0.780. The first-order valence-corrected chi connectivity index (χ1v) is 6.38. The van der Waals surface area contributed by atoms with Gasteiger partial charge in [0, 0.05) is 0 Å². The third-order valence-electron chi connectivity index (χ3n) is 1.66. The summed E-state index contributed by atoms with van der Waals surface area (Å²) < 4.78 is 0. The summed E-state index contributed by atoms with van der Waals surface area (Å²) >= 11 is 0. The van der Waals surface area contributed by atoms with Crippen LogP contribution < -0.4 is 0 Å². The Morgan fingerprint density at radius 1 is 0.882 bits per heavy atom. The van der Waals surface area contributed by atoms with Crippen molar-refractivity contribution in [2.45, 2.75) is 69.2 Å². The van der Waals surface area contributed by atoms with Crippen LogP contribution in [0.15, 0.2) is 18.2 Å². The molecule has 0 atom stereocenters. The molecule has 0 heteroatoms. The first-order valence-electron chi connectivity index (χ1n) is 6.38. The molecule has 0 N–H and O–H groups in total. The second kappa shape index (κ2) is 13.3. The van der Waals surface area contributed by atoms with Crippen molar-refractivity contribution >= 4 is 0 Å². The quantitative estimate of drug-likeness (QED) is 0.495. The Bertz CT molecular complexity index is 256. The second-order valence-electron chi connectivity index (χ2n) is 5.03. The van der Waals surface area contributed by atoms with Gasteiger partial charge in [-0.2, -0.15) is 0 Å². The van der Waals surface area contributed by atoms with Gasteiger partial charge < -0.3 is 0 Å². The van der Waals surface area contributed by atoms with E-state index in [2.05, 4.69) is 73.6 Å². The zero-order valence-corrected chi connectivity index (χ0v) is 12.5. The van der Waals surface area contributed by atoms with E-state index < -0.39 is 0 Å². The molecule has 0 aliphatic carbocycles. The maximum absolute atomic E-state index is 2.20. The van der Waals surface area contributed by atoms with E-state index in [0.717, 1.165) is 5.92 Å². The van der Waals surface area contributed by atoms with Crippen LogP contribution in [0.4, 0.5) is 0 Å². The molecular weight excluding hydrogens is 204 g/mol. The largest absolute Gasteiger partial charge is 0.0776 e. The molecule has 0 nitrogen and oxygen atoms in total. The van der Waals surface area contributed by atoms with Crippen LogP contribution in [-0.2, 0) is 0 Å². The molecule has 0 spiro atoms. The van der Waals surface area contributed by atoms with Crippen LogP contribution in [0.5, 0.6) is 0 Å². The summed E-state index contributed by atoms with van der Waals surface area (Å²) in [6.45, 7) is 17.1. The average molecular weight is 238 g/mol. The van der Waals surface area contributed by atoms with Crippen LogP contribution in [0.3, 0.4) is 0 Å². The van der Waals surface area contributed by atoms with Crippen LogP contribution in [0.1, 0.15) is 65.2 Å². The molecule has 0 heterocycles. The first kappa shape index (κ1) is 21.5. The van der Waals surface area contributed by atoms with Gasteiger partial charge in [-0.1, -0.05) is 72.2 Å². The highest BCUT2D eigenvalue weighted by molar-refractivity contribution is 5.28. The van der Waals surface area contributed by atoms with Crippen LogP contribution in [0, 0.1) is 26.7 Å². The first-order chi connectivity index (χ1) is 7.34. The molecule has 0 fully saturated rings. The van der Waals surface area contributed by atoms with Crippen LogP contribution in [0.25, 0.3) is 0 Å². The van der Waals surface area contributed by atoms with E-state index in [9.17, 15) is 0 Å². The van der Waals surface area contributed by atoms with Gasteiger partial charge in [-0.3, -0.25) is 0 Å². The molecule has 0 radical (unpaired) electrons. The Morgan fingerprint density at radius 3 is 1.47 bits per heavy atom. The number of rotatable bonds is 0. The van der Waals surface area contributed by atoms with Crippen molar-refractivity contribution in [1.29, 1.82) is 0 Å². The van der Waals surface area contributed by atoms with E-state index in [1.165, 1.54) is 23.1 Å². The summed E-state index contributed by atoms with van der Waals surface area (Å²) in [5.74, 6) is 0.833. The van der Waals surface area contributed by atoms with Gasteiger partial charge in [0.2, 0.25) is 0 Å². The minimum Gasteiger partial charge on any atom is -0.0776 e. The zero-order chi connectivity index (χ0) is 13.1. The predicted octanol–water partition coefficient (Wildman–Crippen LogP) is 6.33. The third-order valence-corrected chi connectivity index (χ3v) is 1.66. The lowest BCUT2D eigenvalue weighted by atomic mass is 10.1. The Balaban J connectivity index is -0.000000210. The molecule has 0 aliphatic heterocycles. The van der Waals surface area contributed by atoms with Crippen LogP contribution in [-0.4, -0.2) is 0 Å². The number of hydrogen-bond acceptors (Lipinski definition) is 0. The van der Waals surface area contributed by atoms with Gasteiger partial charge in [-0.15, -0.1) is 0 Å². The van der Waals surface area contributed by atoms with Gasteiger partial charge in [0.25, 0.3) is 0 Å². The molecule has 0 saturated heterocycles. The molecule has 0 aromatic heterocycles. The normalized spacial score (nSPS) is 8.29. The summed E-state index contributed by atoms with van der Waals surface area (Å²) in [4.78, 5) is 0. The van der Waals surface area contributed by atoms with Crippen molar-refractivity contribution in [3.63, 3.8) is 0 Å². The van der Waals surface area contributed by atoms with E-state index in [1.54, 1.807) is 0 Å². The third kappa shape index (κ3) is 17.8. The van der Waals surface area contributed by atoms with Gasteiger partial charge in [0.15, 0.2) is 0 Å². The van der Waals surface area contributed by atoms with Crippen molar-refractivity contribution in [2.24, 2.45) is 5.92 Å². The monoisotopic (exact) mass is 238 g/mol. The summed E-state index contributed by atoms with van der Waals surface area (Å²) in [6, 6.07) is 6.50. The van der Waals surface area contributed by atoms with E-state index in [4.69, 9.17) is 0 Å². The Kier molecular flexibility index (Phi) is 16.8. The second-order valence-corrected chi connectivity index (χ2v) is 5.03. The van der Waals surface area contributed by atoms with Gasteiger partial charge in [-0.05, 0) is 37.8 Å². The molecule has 1 rings (SSSR count). The van der Waals surface area contributed by atoms with Crippen LogP contribution >= 0.6 is 0 Å². The van der Waals surface area contributed by atoms with Crippen molar-refractivity contribution in [2.75, 3.05) is 0 Å². The lowest BCUT2D eigenvalue weighted by molar-refractivity contribution is 0.737. The zero-order valence-electron chi connectivity index (χ0n) is 12.5. The topological polar surface area (TPSA) is 0 Å². The Labute approximate surface area is 110 Å². The average Bonchev–Trinajstić information content (AvgIpc) is 2.12. The highest BCUT2D eigenvalue weighted by Gasteiger charge is 1.89. The minimum absolute atomic E-state index is 0. The number of hydrogen-bond donors (Lipinski definition) is 0. The van der Waals surface area contributed by atoms with E-state index in [0.29, 0.717) is 0 Å². The van der Waals surface area contributed by atoms with Gasteiger partial charge in [0.05, 0.1) is 0 Å². The SMILES string of the molecule is C.CC(C)C.CCC.Cc1ccc(C)c(C)c1. The maximum atomic E-state index is 2.20. The van der Waals surface area contributed by atoms with Crippen molar-refractivity contribution in [1.82, 2.24) is 0 Å². The summed E-state index contributed by atoms with van der Waals surface area (Å²) in [5.41, 5.74) is 4.11. The Morgan fingerprint density at radius 2 is 1.24 bits per heavy atom. The highest BCUT2D eigenvalue weighted by Crippen LogP contribution is 2.07. The van der Waals surface area contributed by atoms with Gasteiger partial charge in [0.1, 0.15) is 0 Å².